The summed E-state index contributed by atoms with van der Waals surface area (Å²) < 4.78 is 0. The van der Waals surface area contributed by atoms with E-state index in [1.54, 1.807) is 11.8 Å². The molecular formula is C15H26N2O2S. The van der Waals surface area contributed by atoms with E-state index in [4.69, 9.17) is 0 Å². The SMILES string of the molecule is C[C@H]1CCCC[C@H]1NC(=O)NC(=O)CSC1CCCC1. The maximum atomic E-state index is 11.8. The Balaban J connectivity index is 1.63. The van der Waals surface area contributed by atoms with Crippen LogP contribution in [0, 0.1) is 5.92 Å². The number of hydrogen-bond acceptors (Lipinski definition) is 3. The fourth-order valence-corrected chi connectivity index (χ4v) is 4.27. The molecule has 0 aromatic carbocycles. The summed E-state index contributed by atoms with van der Waals surface area (Å²) in [4.78, 5) is 23.6. The van der Waals surface area contributed by atoms with Crippen LogP contribution < -0.4 is 10.6 Å². The van der Waals surface area contributed by atoms with Crippen molar-refractivity contribution in [1.29, 1.82) is 0 Å². The van der Waals surface area contributed by atoms with Crippen molar-refractivity contribution in [2.24, 2.45) is 5.92 Å². The zero-order chi connectivity index (χ0) is 14.4. The standard InChI is InChI=1S/C15H26N2O2S/c1-11-6-2-5-9-13(11)16-15(19)17-14(18)10-20-12-7-3-4-8-12/h11-13H,2-10H2,1H3,(H2,16,17,18,19)/t11-,13+/m0/s1. The molecule has 114 valence electrons. The highest BCUT2D eigenvalue weighted by Crippen LogP contribution is 2.29. The van der Waals surface area contributed by atoms with Crippen LogP contribution in [0.3, 0.4) is 0 Å². The summed E-state index contributed by atoms with van der Waals surface area (Å²) in [5.41, 5.74) is 0. The summed E-state index contributed by atoms with van der Waals surface area (Å²) in [6, 6.07) is -0.0974. The lowest BCUT2D eigenvalue weighted by Crippen LogP contribution is -2.48. The Bertz CT molecular complexity index is 343. The molecule has 2 rings (SSSR count). The van der Waals surface area contributed by atoms with Crippen LogP contribution in [0.4, 0.5) is 4.79 Å². The maximum absolute atomic E-state index is 11.8. The molecule has 0 spiro atoms. The van der Waals surface area contributed by atoms with Gasteiger partial charge in [0.05, 0.1) is 5.75 Å². The quantitative estimate of drug-likeness (QED) is 0.838. The first-order chi connectivity index (χ1) is 9.65. The molecule has 0 bridgehead atoms. The molecule has 2 atom stereocenters. The predicted molar refractivity (Wildman–Crippen MR) is 82.8 cm³/mol. The van der Waals surface area contributed by atoms with Gasteiger partial charge in [0.15, 0.2) is 0 Å². The van der Waals surface area contributed by atoms with Gasteiger partial charge in [0, 0.05) is 11.3 Å². The predicted octanol–water partition coefficient (Wildman–Crippen LogP) is 3.07. The summed E-state index contributed by atoms with van der Waals surface area (Å²) in [6.45, 7) is 2.17. The van der Waals surface area contributed by atoms with Crippen LogP contribution >= 0.6 is 11.8 Å². The van der Waals surface area contributed by atoms with E-state index in [-0.39, 0.29) is 18.0 Å². The van der Waals surface area contributed by atoms with Gasteiger partial charge in [-0.15, -0.1) is 11.8 Å². The molecular weight excluding hydrogens is 272 g/mol. The smallest absolute Gasteiger partial charge is 0.321 e. The molecule has 0 aromatic heterocycles. The molecule has 0 heterocycles. The summed E-state index contributed by atoms with van der Waals surface area (Å²) in [7, 11) is 0. The third-order valence-electron chi connectivity index (χ3n) is 4.43. The Morgan fingerprint density at radius 2 is 1.70 bits per heavy atom. The average molecular weight is 298 g/mol. The van der Waals surface area contributed by atoms with E-state index >= 15 is 0 Å². The van der Waals surface area contributed by atoms with Gasteiger partial charge < -0.3 is 5.32 Å². The lowest BCUT2D eigenvalue weighted by Gasteiger charge is -2.29. The summed E-state index contributed by atoms with van der Waals surface area (Å²) >= 11 is 1.69. The topological polar surface area (TPSA) is 58.2 Å². The largest absolute Gasteiger partial charge is 0.335 e. The van der Waals surface area contributed by atoms with E-state index in [9.17, 15) is 9.59 Å². The number of carbonyl (C=O) groups is 2. The van der Waals surface area contributed by atoms with Crippen LogP contribution in [-0.4, -0.2) is 29.0 Å². The highest BCUT2D eigenvalue weighted by atomic mass is 32.2. The van der Waals surface area contributed by atoms with Crippen molar-refractivity contribution in [3.63, 3.8) is 0 Å². The fraction of sp³-hybridized carbons (Fsp3) is 0.867. The first-order valence-corrected chi connectivity index (χ1v) is 8.92. The van der Waals surface area contributed by atoms with E-state index in [2.05, 4.69) is 17.6 Å². The minimum atomic E-state index is -0.319. The monoisotopic (exact) mass is 298 g/mol. The molecule has 0 aromatic rings. The van der Waals surface area contributed by atoms with Crippen molar-refractivity contribution in [2.45, 2.75) is 69.6 Å². The zero-order valence-corrected chi connectivity index (χ0v) is 13.1. The maximum Gasteiger partial charge on any atom is 0.321 e. The number of imide groups is 1. The molecule has 2 saturated carbocycles. The molecule has 2 N–H and O–H groups in total. The first-order valence-electron chi connectivity index (χ1n) is 7.87. The summed E-state index contributed by atoms with van der Waals surface area (Å²) in [5.74, 6) is 0.749. The third-order valence-corrected chi connectivity index (χ3v) is 5.80. The zero-order valence-electron chi connectivity index (χ0n) is 12.3. The van der Waals surface area contributed by atoms with Crippen molar-refractivity contribution in [1.82, 2.24) is 10.6 Å². The molecule has 2 fully saturated rings. The molecule has 0 unspecified atom stereocenters. The van der Waals surface area contributed by atoms with Gasteiger partial charge in [0.2, 0.25) is 5.91 Å². The second-order valence-corrected chi connectivity index (χ2v) is 7.40. The van der Waals surface area contributed by atoms with Crippen LogP contribution in [0.25, 0.3) is 0 Å². The van der Waals surface area contributed by atoms with E-state index in [0.717, 1.165) is 12.8 Å². The highest BCUT2D eigenvalue weighted by Gasteiger charge is 2.23. The number of hydrogen-bond donors (Lipinski definition) is 2. The summed E-state index contributed by atoms with van der Waals surface area (Å²) in [6.07, 6.45) is 9.58. The molecule has 3 amide bonds. The normalized spacial score (nSPS) is 27.2. The average Bonchev–Trinajstić information content (AvgIpc) is 2.92. The van der Waals surface area contributed by atoms with E-state index in [1.807, 2.05) is 0 Å². The summed E-state index contributed by atoms with van der Waals surface area (Å²) in [5, 5.41) is 6.02. The lowest BCUT2D eigenvalue weighted by molar-refractivity contribution is -0.117. The Kier molecular flexibility index (Phi) is 6.20. The van der Waals surface area contributed by atoms with Crippen molar-refractivity contribution in [3.05, 3.63) is 0 Å². The minimum Gasteiger partial charge on any atom is -0.335 e. The molecule has 4 nitrogen and oxygen atoms in total. The number of thioether (sulfide) groups is 1. The first kappa shape index (κ1) is 15.7. The minimum absolute atomic E-state index is 0.164. The van der Waals surface area contributed by atoms with Gasteiger partial charge in [-0.1, -0.05) is 32.6 Å². The van der Waals surface area contributed by atoms with Gasteiger partial charge in [0.25, 0.3) is 0 Å². The molecule has 20 heavy (non-hydrogen) atoms. The number of amides is 3. The number of nitrogens with one attached hydrogen (secondary N) is 2. The van der Waals surface area contributed by atoms with Crippen molar-refractivity contribution < 1.29 is 9.59 Å². The molecule has 0 saturated heterocycles. The molecule has 0 radical (unpaired) electrons. The van der Waals surface area contributed by atoms with Crippen LogP contribution in [0.1, 0.15) is 58.3 Å². The lowest BCUT2D eigenvalue weighted by atomic mass is 9.86. The van der Waals surface area contributed by atoms with Crippen LogP contribution in [0.5, 0.6) is 0 Å². The molecule has 5 heteroatoms. The van der Waals surface area contributed by atoms with Crippen molar-refractivity contribution in [2.75, 3.05) is 5.75 Å². The Morgan fingerprint density at radius 1 is 1.05 bits per heavy atom. The molecule has 2 aliphatic carbocycles. The van der Waals surface area contributed by atoms with Crippen molar-refractivity contribution in [3.8, 4) is 0 Å². The number of urea groups is 1. The van der Waals surface area contributed by atoms with Crippen LogP contribution in [0.15, 0.2) is 0 Å². The number of carbonyl (C=O) groups excluding carboxylic acids is 2. The highest BCUT2D eigenvalue weighted by molar-refractivity contribution is 8.00. The van der Waals surface area contributed by atoms with E-state index in [0.29, 0.717) is 16.9 Å². The molecule has 0 aliphatic heterocycles. The van der Waals surface area contributed by atoms with E-state index in [1.165, 1.54) is 38.5 Å². The second kappa shape index (κ2) is 7.91. The van der Waals surface area contributed by atoms with Gasteiger partial charge in [-0.3, -0.25) is 10.1 Å². The van der Waals surface area contributed by atoms with Crippen molar-refractivity contribution >= 4 is 23.7 Å². The Hall–Kier alpha value is -0.710. The van der Waals surface area contributed by atoms with Gasteiger partial charge in [-0.05, 0) is 31.6 Å². The third kappa shape index (κ3) is 5.00. The fourth-order valence-electron chi connectivity index (χ4n) is 3.15. The van der Waals surface area contributed by atoms with Gasteiger partial charge in [-0.25, -0.2) is 4.79 Å². The molecule has 2 aliphatic rings. The van der Waals surface area contributed by atoms with Crippen LogP contribution in [0.2, 0.25) is 0 Å². The van der Waals surface area contributed by atoms with Gasteiger partial charge >= 0.3 is 6.03 Å². The van der Waals surface area contributed by atoms with Gasteiger partial charge in [0.1, 0.15) is 0 Å². The van der Waals surface area contributed by atoms with E-state index < -0.39 is 0 Å². The Labute approximate surface area is 125 Å². The van der Waals surface area contributed by atoms with Crippen LogP contribution in [-0.2, 0) is 4.79 Å². The Morgan fingerprint density at radius 3 is 2.40 bits per heavy atom. The van der Waals surface area contributed by atoms with Gasteiger partial charge in [-0.2, -0.15) is 0 Å². The number of rotatable bonds is 4. The second-order valence-electron chi connectivity index (χ2n) is 6.11.